The molecule has 2 aromatic rings. The van der Waals surface area contributed by atoms with Gasteiger partial charge in [0.2, 0.25) is 0 Å². The number of para-hydroxylation sites is 1. The lowest BCUT2D eigenvalue weighted by Gasteiger charge is -2.32. The zero-order valence-corrected chi connectivity index (χ0v) is 15.5. The predicted octanol–water partition coefficient (Wildman–Crippen LogP) is 3.62. The van der Waals surface area contributed by atoms with Crippen molar-refractivity contribution < 1.29 is 24.3 Å². The minimum absolute atomic E-state index is 0.329. The summed E-state index contributed by atoms with van der Waals surface area (Å²) < 4.78 is 4.82. The Kier molecular flexibility index (Phi) is 5.40. The van der Waals surface area contributed by atoms with Gasteiger partial charge in [0.05, 0.1) is 45.7 Å². The van der Waals surface area contributed by atoms with Crippen molar-refractivity contribution >= 4 is 34.9 Å². The average molecular weight is 414 g/mol. The topological polar surface area (TPSA) is 159 Å². The normalized spacial score (nSPS) is 14.7. The van der Waals surface area contributed by atoms with Crippen LogP contribution >= 0.6 is 0 Å². The monoisotopic (exact) mass is 414 g/mol. The zero-order valence-electron chi connectivity index (χ0n) is 15.5. The SMILES string of the molecule is COC(=O)N1c2ccccc2C=CC1Cc1c([N+](=O)[O-])cc([N+](=O)[O-])cc1[N+](=O)[O-]. The van der Waals surface area contributed by atoms with E-state index in [-0.39, 0.29) is 12.0 Å². The second-order valence-corrected chi connectivity index (χ2v) is 6.26. The molecule has 1 amide bonds. The summed E-state index contributed by atoms with van der Waals surface area (Å²) in [5, 5.41) is 34.1. The second-order valence-electron chi connectivity index (χ2n) is 6.26. The molecule has 1 atom stereocenters. The van der Waals surface area contributed by atoms with E-state index < -0.39 is 44.0 Å². The number of hydrogen-bond donors (Lipinski definition) is 0. The molecule has 0 spiro atoms. The summed E-state index contributed by atoms with van der Waals surface area (Å²) in [6.45, 7) is 0. The van der Waals surface area contributed by atoms with Crippen molar-refractivity contribution in [1.29, 1.82) is 0 Å². The zero-order chi connectivity index (χ0) is 22.0. The number of carbonyl (C=O) groups excluding carboxylic acids is 1. The second kappa shape index (κ2) is 7.95. The quantitative estimate of drug-likeness (QED) is 0.530. The first-order valence-electron chi connectivity index (χ1n) is 8.49. The Hall–Kier alpha value is -4.35. The Labute approximate surface area is 168 Å². The number of nitrogens with zero attached hydrogens (tertiary/aromatic N) is 4. The lowest BCUT2D eigenvalue weighted by atomic mass is 9.95. The highest BCUT2D eigenvalue weighted by Crippen LogP contribution is 2.37. The van der Waals surface area contributed by atoms with E-state index in [0.717, 1.165) is 7.11 Å². The summed E-state index contributed by atoms with van der Waals surface area (Å²) in [6.07, 6.45) is 2.16. The van der Waals surface area contributed by atoms with Crippen LogP contribution in [0.5, 0.6) is 0 Å². The number of carbonyl (C=O) groups is 1. The number of anilines is 1. The largest absolute Gasteiger partial charge is 0.452 e. The molecular formula is C18H14N4O8. The van der Waals surface area contributed by atoms with Crippen LogP contribution in [-0.2, 0) is 11.2 Å². The molecule has 2 aromatic carbocycles. The molecule has 1 heterocycles. The molecule has 12 nitrogen and oxygen atoms in total. The van der Waals surface area contributed by atoms with E-state index in [1.165, 1.54) is 4.90 Å². The molecule has 0 aliphatic carbocycles. The third kappa shape index (κ3) is 3.65. The highest BCUT2D eigenvalue weighted by molar-refractivity contribution is 5.93. The standard InChI is InChI=1S/C18H14N4O8/c1-30-18(23)19-12(7-6-11-4-2-3-5-15(11)19)8-14-16(21(26)27)9-13(20(24)25)10-17(14)22(28)29/h2-7,9-10,12H,8H2,1H3. The van der Waals surface area contributed by atoms with Gasteiger partial charge in [0.1, 0.15) is 5.56 Å². The van der Waals surface area contributed by atoms with E-state index in [0.29, 0.717) is 23.4 Å². The number of fused-ring (bicyclic) bond motifs is 1. The van der Waals surface area contributed by atoms with Gasteiger partial charge < -0.3 is 4.74 Å². The molecule has 12 heteroatoms. The first kappa shape index (κ1) is 20.4. The molecule has 0 saturated heterocycles. The number of hydrogen-bond acceptors (Lipinski definition) is 8. The van der Waals surface area contributed by atoms with Gasteiger partial charge in [-0.3, -0.25) is 35.2 Å². The molecule has 30 heavy (non-hydrogen) atoms. The first-order valence-corrected chi connectivity index (χ1v) is 8.49. The van der Waals surface area contributed by atoms with Crippen LogP contribution in [0.1, 0.15) is 11.1 Å². The Morgan fingerprint density at radius 1 is 1.03 bits per heavy atom. The number of methoxy groups -OCH3 is 1. The van der Waals surface area contributed by atoms with Crippen molar-refractivity contribution in [1.82, 2.24) is 0 Å². The Balaban J connectivity index is 2.15. The maximum atomic E-state index is 12.4. The van der Waals surface area contributed by atoms with Crippen LogP contribution in [0, 0.1) is 30.3 Å². The van der Waals surface area contributed by atoms with E-state index in [4.69, 9.17) is 4.74 Å². The Morgan fingerprint density at radius 3 is 2.17 bits per heavy atom. The maximum Gasteiger partial charge on any atom is 0.414 e. The van der Waals surface area contributed by atoms with Crippen molar-refractivity contribution in [2.24, 2.45) is 0 Å². The lowest BCUT2D eigenvalue weighted by molar-refractivity contribution is -0.404. The number of nitro benzene ring substituents is 3. The molecule has 3 rings (SSSR count). The van der Waals surface area contributed by atoms with Gasteiger partial charge >= 0.3 is 6.09 Å². The molecule has 0 saturated carbocycles. The van der Waals surface area contributed by atoms with Crippen molar-refractivity contribution in [2.75, 3.05) is 12.0 Å². The number of benzene rings is 2. The van der Waals surface area contributed by atoms with Gasteiger partial charge in [-0.2, -0.15) is 0 Å². The number of non-ortho nitro benzene ring substituents is 1. The number of amides is 1. The lowest BCUT2D eigenvalue weighted by Crippen LogP contribution is -2.42. The molecule has 0 N–H and O–H groups in total. The predicted molar refractivity (Wildman–Crippen MR) is 104 cm³/mol. The summed E-state index contributed by atoms with van der Waals surface area (Å²) in [5.41, 5.74) is -1.50. The summed E-state index contributed by atoms with van der Waals surface area (Å²) >= 11 is 0. The van der Waals surface area contributed by atoms with E-state index >= 15 is 0 Å². The van der Waals surface area contributed by atoms with Crippen LogP contribution in [0.25, 0.3) is 6.08 Å². The van der Waals surface area contributed by atoms with Crippen molar-refractivity contribution in [3.8, 4) is 0 Å². The molecule has 154 valence electrons. The Bertz CT molecular complexity index is 1060. The van der Waals surface area contributed by atoms with Crippen LogP contribution in [0.4, 0.5) is 27.5 Å². The fourth-order valence-electron chi connectivity index (χ4n) is 3.30. The van der Waals surface area contributed by atoms with E-state index in [9.17, 15) is 35.1 Å². The summed E-state index contributed by atoms with van der Waals surface area (Å²) in [6, 6.07) is 7.31. The molecular weight excluding hydrogens is 400 g/mol. The third-order valence-electron chi connectivity index (χ3n) is 4.60. The van der Waals surface area contributed by atoms with Gasteiger partial charge in [0.15, 0.2) is 0 Å². The van der Waals surface area contributed by atoms with Gasteiger partial charge in [0.25, 0.3) is 17.1 Å². The fourth-order valence-corrected chi connectivity index (χ4v) is 3.30. The van der Waals surface area contributed by atoms with E-state index in [2.05, 4.69) is 0 Å². The van der Waals surface area contributed by atoms with Gasteiger partial charge in [0, 0.05) is 6.42 Å². The molecule has 1 aliphatic rings. The van der Waals surface area contributed by atoms with Crippen LogP contribution < -0.4 is 4.90 Å². The third-order valence-corrected chi connectivity index (χ3v) is 4.60. The smallest absolute Gasteiger partial charge is 0.414 e. The average Bonchev–Trinajstić information content (AvgIpc) is 2.72. The van der Waals surface area contributed by atoms with Gasteiger partial charge in [-0.15, -0.1) is 0 Å². The maximum absolute atomic E-state index is 12.4. The molecule has 0 fully saturated rings. The molecule has 0 bridgehead atoms. The van der Waals surface area contributed by atoms with E-state index in [1.54, 1.807) is 36.4 Å². The molecule has 1 aliphatic heterocycles. The molecule has 1 unspecified atom stereocenters. The summed E-state index contributed by atoms with van der Waals surface area (Å²) in [7, 11) is 1.16. The summed E-state index contributed by atoms with van der Waals surface area (Å²) in [4.78, 5) is 45.0. The number of ether oxygens (including phenoxy) is 1. The van der Waals surface area contributed by atoms with Crippen LogP contribution in [0.15, 0.2) is 42.5 Å². The molecule has 0 aromatic heterocycles. The molecule has 0 radical (unpaired) electrons. The van der Waals surface area contributed by atoms with Crippen molar-refractivity contribution in [3.05, 3.63) is 83.9 Å². The van der Waals surface area contributed by atoms with Crippen LogP contribution in [0.2, 0.25) is 0 Å². The van der Waals surface area contributed by atoms with Crippen LogP contribution in [0.3, 0.4) is 0 Å². The number of rotatable bonds is 5. The van der Waals surface area contributed by atoms with Crippen LogP contribution in [-0.4, -0.2) is 34.0 Å². The minimum atomic E-state index is -0.943. The summed E-state index contributed by atoms with van der Waals surface area (Å²) in [5.74, 6) is 0. The highest BCUT2D eigenvalue weighted by atomic mass is 16.6. The van der Waals surface area contributed by atoms with Gasteiger partial charge in [-0.1, -0.05) is 30.4 Å². The van der Waals surface area contributed by atoms with Crippen molar-refractivity contribution in [3.63, 3.8) is 0 Å². The first-order chi connectivity index (χ1) is 14.2. The number of nitro groups is 3. The van der Waals surface area contributed by atoms with Crippen molar-refractivity contribution in [2.45, 2.75) is 12.5 Å². The fraction of sp³-hybridized carbons (Fsp3) is 0.167. The van der Waals surface area contributed by atoms with Gasteiger partial charge in [-0.25, -0.2) is 4.79 Å². The highest BCUT2D eigenvalue weighted by Gasteiger charge is 2.36. The van der Waals surface area contributed by atoms with Gasteiger partial charge in [-0.05, 0) is 11.6 Å². The van der Waals surface area contributed by atoms with E-state index in [1.807, 2.05) is 0 Å². The minimum Gasteiger partial charge on any atom is -0.452 e. The Morgan fingerprint density at radius 2 is 1.63 bits per heavy atom.